The molecular formula is C18H20N2O. The van der Waals surface area contributed by atoms with E-state index in [1.54, 1.807) is 0 Å². The molecule has 2 N–H and O–H groups in total. The van der Waals surface area contributed by atoms with Crippen molar-refractivity contribution in [3.8, 4) is 0 Å². The number of anilines is 1. The van der Waals surface area contributed by atoms with Crippen LogP contribution in [0, 0.1) is 13.8 Å². The van der Waals surface area contributed by atoms with E-state index in [9.17, 15) is 4.79 Å². The van der Waals surface area contributed by atoms with Crippen LogP contribution in [-0.4, -0.2) is 12.5 Å². The number of hydrogen-bond acceptors (Lipinski definition) is 2. The summed E-state index contributed by atoms with van der Waals surface area (Å²) in [7, 11) is 0. The maximum atomic E-state index is 12.4. The Morgan fingerprint density at radius 1 is 1.14 bits per heavy atom. The van der Waals surface area contributed by atoms with Gasteiger partial charge in [-0.15, -0.1) is 0 Å². The summed E-state index contributed by atoms with van der Waals surface area (Å²) in [5.41, 5.74) is 6.50. The Balaban J connectivity index is 1.86. The maximum Gasteiger partial charge on any atom is 0.255 e. The standard InChI is InChI=1S/C18H20N2O/c1-12-6-7-15(10-13(12)2)18(21)20-17-5-3-4-14-8-9-19-11-16(14)17/h3-7,10,19H,8-9,11H2,1-2H3,(H,20,21). The third-order valence-corrected chi connectivity index (χ3v) is 4.16. The van der Waals surface area contributed by atoms with Crippen LogP contribution in [0.5, 0.6) is 0 Å². The van der Waals surface area contributed by atoms with Gasteiger partial charge < -0.3 is 10.6 Å². The minimum atomic E-state index is -0.0444. The lowest BCUT2D eigenvalue weighted by atomic mass is 9.99. The molecule has 108 valence electrons. The van der Waals surface area contributed by atoms with Crippen molar-refractivity contribution < 1.29 is 4.79 Å². The first-order valence-electron chi connectivity index (χ1n) is 7.35. The van der Waals surface area contributed by atoms with Crippen molar-refractivity contribution in [1.82, 2.24) is 5.32 Å². The van der Waals surface area contributed by atoms with Crippen molar-refractivity contribution in [2.75, 3.05) is 11.9 Å². The van der Waals surface area contributed by atoms with Gasteiger partial charge in [0.05, 0.1) is 0 Å². The molecule has 0 aromatic heterocycles. The number of hydrogen-bond donors (Lipinski definition) is 2. The van der Waals surface area contributed by atoms with Crippen LogP contribution in [0.2, 0.25) is 0 Å². The summed E-state index contributed by atoms with van der Waals surface area (Å²) in [5.74, 6) is -0.0444. The lowest BCUT2D eigenvalue weighted by Crippen LogP contribution is -2.25. The molecule has 0 saturated heterocycles. The van der Waals surface area contributed by atoms with Crippen LogP contribution < -0.4 is 10.6 Å². The monoisotopic (exact) mass is 280 g/mol. The van der Waals surface area contributed by atoms with Gasteiger partial charge in [-0.25, -0.2) is 0 Å². The summed E-state index contributed by atoms with van der Waals surface area (Å²) >= 11 is 0. The van der Waals surface area contributed by atoms with Crippen LogP contribution in [0.25, 0.3) is 0 Å². The van der Waals surface area contributed by atoms with Crippen LogP contribution in [0.1, 0.15) is 32.6 Å². The number of aryl methyl sites for hydroxylation is 2. The van der Waals surface area contributed by atoms with E-state index in [4.69, 9.17) is 0 Å². The molecule has 2 aromatic carbocycles. The largest absolute Gasteiger partial charge is 0.322 e. The van der Waals surface area contributed by atoms with Crippen LogP contribution in [-0.2, 0) is 13.0 Å². The van der Waals surface area contributed by atoms with Gasteiger partial charge in [0, 0.05) is 17.8 Å². The minimum Gasteiger partial charge on any atom is -0.322 e. The Morgan fingerprint density at radius 3 is 2.81 bits per heavy atom. The third-order valence-electron chi connectivity index (χ3n) is 4.16. The second kappa shape index (κ2) is 5.70. The zero-order chi connectivity index (χ0) is 14.8. The SMILES string of the molecule is Cc1ccc(C(=O)Nc2cccc3c2CNCC3)cc1C. The summed E-state index contributed by atoms with van der Waals surface area (Å²) < 4.78 is 0. The number of fused-ring (bicyclic) bond motifs is 1. The van der Waals surface area contributed by atoms with Crippen molar-refractivity contribution in [1.29, 1.82) is 0 Å². The first-order chi connectivity index (χ1) is 10.1. The topological polar surface area (TPSA) is 41.1 Å². The fourth-order valence-corrected chi connectivity index (χ4v) is 2.71. The number of carbonyl (C=O) groups is 1. The zero-order valence-corrected chi connectivity index (χ0v) is 12.5. The van der Waals surface area contributed by atoms with Crippen LogP contribution in [0.3, 0.4) is 0 Å². The van der Waals surface area contributed by atoms with Crippen molar-refractivity contribution in [3.63, 3.8) is 0 Å². The molecule has 1 heterocycles. The van der Waals surface area contributed by atoms with Gasteiger partial charge in [0.25, 0.3) is 5.91 Å². The molecule has 0 unspecified atom stereocenters. The first kappa shape index (κ1) is 13.8. The zero-order valence-electron chi connectivity index (χ0n) is 12.5. The van der Waals surface area contributed by atoms with Gasteiger partial charge in [-0.05, 0) is 67.3 Å². The summed E-state index contributed by atoms with van der Waals surface area (Å²) in [6, 6.07) is 11.9. The number of benzene rings is 2. The highest BCUT2D eigenvalue weighted by molar-refractivity contribution is 6.04. The highest BCUT2D eigenvalue weighted by atomic mass is 16.1. The van der Waals surface area contributed by atoms with Gasteiger partial charge in [0.15, 0.2) is 0 Å². The average molecular weight is 280 g/mol. The molecule has 3 rings (SSSR count). The molecule has 0 bridgehead atoms. The molecule has 2 aromatic rings. The van der Waals surface area contributed by atoms with Gasteiger partial charge >= 0.3 is 0 Å². The predicted molar refractivity (Wildman–Crippen MR) is 85.7 cm³/mol. The minimum absolute atomic E-state index is 0.0444. The third kappa shape index (κ3) is 2.83. The van der Waals surface area contributed by atoms with E-state index in [0.717, 1.165) is 30.8 Å². The van der Waals surface area contributed by atoms with Crippen molar-refractivity contribution in [2.24, 2.45) is 0 Å². The summed E-state index contributed by atoms with van der Waals surface area (Å²) in [6.45, 7) is 5.90. The number of carbonyl (C=O) groups excluding carboxylic acids is 1. The highest BCUT2D eigenvalue weighted by Gasteiger charge is 2.15. The van der Waals surface area contributed by atoms with Gasteiger partial charge in [-0.3, -0.25) is 4.79 Å². The van der Waals surface area contributed by atoms with Gasteiger partial charge in [0.1, 0.15) is 0 Å². The molecule has 0 saturated carbocycles. The first-order valence-corrected chi connectivity index (χ1v) is 7.35. The lowest BCUT2D eigenvalue weighted by molar-refractivity contribution is 0.102. The molecule has 0 spiro atoms. The summed E-state index contributed by atoms with van der Waals surface area (Å²) in [5, 5.41) is 6.41. The normalized spacial score (nSPS) is 13.6. The molecule has 1 aliphatic rings. The Morgan fingerprint density at radius 2 is 2.00 bits per heavy atom. The number of amides is 1. The molecule has 1 amide bonds. The fourth-order valence-electron chi connectivity index (χ4n) is 2.71. The van der Waals surface area contributed by atoms with Crippen LogP contribution in [0.15, 0.2) is 36.4 Å². The smallest absolute Gasteiger partial charge is 0.255 e. The van der Waals surface area contributed by atoms with E-state index in [2.05, 4.69) is 23.6 Å². The fraction of sp³-hybridized carbons (Fsp3) is 0.278. The van der Waals surface area contributed by atoms with Crippen molar-refractivity contribution >= 4 is 11.6 Å². The molecule has 21 heavy (non-hydrogen) atoms. The molecule has 0 fully saturated rings. The Hall–Kier alpha value is -2.13. The summed E-state index contributed by atoms with van der Waals surface area (Å²) in [4.78, 5) is 12.4. The Bertz CT molecular complexity index is 692. The molecule has 0 atom stereocenters. The quantitative estimate of drug-likeness (QED) is 0.887. The predicted octanol–water partition coefficient (Wildman–Crippen LogP) is 3.20. The molecule has 0 radical (unpaired) electrons. The van der Waals surface area contributed by atoms with E-state index in [1.807, 2.05) is 37.3 Å². The van der Waals surface area contributed by atoms with Crippen LogP contribution >= 0.6 is 0 Å². The number of nitrogens with one attached hydrogen (secondary N) is 2. The van der Waals surface area contributed by atoms with Gasteiger partial charge in [0.2, 0.25) is 0 Å². The molecule has 3 nitrogen and oxygen atoms in total. The highest BCUT2D eigenvalue weighted by Crippen LogP contribution is 2.23. The molecule has 0 aliphatic carbocycles. The van der Waals surface area contributed by atoms with Crippen molar-refractivity contribution in [3.05, 3.63) is 64.2 Å². The van der Waals surface area contributed by atoms with Gasteiger partial charge in [-0.2, -0.15) is 0 Å². The summed E-state index contributed by atoms with van der Waals surface area (Å²) in [6.07, 6.45) is 1.02. The van der Waals surface area contributed by atoms with Gasteiger partial charge in [-0.1, -0.05) is 18.2 Å². The number of rotatable bonds is 2. The van der Waals surface area contributed by atoms with E-state index in [0.29, 0.717) is 5.56 Å². The van der Waals surface area contributed by atoms with E-state index in [-0.39, 0.29) is 5.91 Å². The van der Waals surface area contributed by atoms with Crippen molar-refractivity contribution in [2.45, 2.75) is 26.8 Å². The Kier molecular flexibility index (Phi) is 3.76. The Labute approximate surface area is 125 Å². The van der Waals surface area contributed by atoms with E-state index >= 15 is 0 Å². The molecular weight excluding hydrogens is 260 g/mol. The van der Waals surface area contributed by atoms with E-state index < -0.39 is 0 Å². The molecule has 3 heteroatoms. The van der Waals surface area contributed by atoms with E-state index in [1.165, 1.54) is 16.7 Å². The van der Waals surface area contributed by atoms with Crippen LogP contribution in [0.4, 0.5) is 5.69 Å². The maximum absolute atomic E-state index is 12.4. The average Bonchev–Trinajstić information content (AvgIpc) is 2.50. The molecule has 1 aliphatic heterocycles. The lowest BCUT2D eigenvalue weighted by Gasteiger charge is -2.20. The second-order valence-corrected chi connectivity index (χ2v) is 5.62. The second-order valence-electron chi connectivity index (χ2n) is 5.62.